The average molecular weight is 448 g/mol. The summed E-state index contributed by atoms with van der Waals surface area (Å²) in [5.41, 5.74) is 3.05. The number of thiazole rings is 1. The summed E-state index contributed by atoms with van der Waals surface area (Å²) in [6.07, 6.45) is 1.60. The van der Waals surface area contributed by atoms with Crippen LogP contribution < -0.4 is 14.9 Å². The van der Waals surface area contributed by atoms with E-state index in [0.717, 1.165) is 16.8 Å². The van der Waals surface area contributed by atoms with Gasteiger partial charge >= 0.3 is 0 Å². The van der Waals surface area contributed by atoms with Crippen LogP contribution in [0.15, 0.2) is 74.5 Å². The van der Waals surface area contributed by atoms with Gasteiger partial charge in [0.25, 0.3) is 5.91 Å². The molecule has 7 nitrogen and oxygen atoms in total. The van der Waals surface area contributed by atoms with Crippen molar-refractivity contribution in [3.63, 3.8) is 0 Å². The molecular formula is C23H17FN4O3S. The van der Waals surface area contributed by atoms with Gasteiger partial charge in [-0.15, -0.1) is 11.3 Å². The molecule has 32 heavy (non-hydrogen) atoms. The fourth-order valence-electron chi connectivity index (χ4n) is 3.31. The van der Waals surface area contributed by atoms with Gasteiger partial charge in [0, 0.05) is 23.6 Å². The molecule has 0 radical (unpaired) electrons. The summed E-state index contributed by atoms with van der Waals surface area (Å²) >= 11 is 1.45. The lowest BCUT2D eigenvalue weighted by Crippen LogP contribution is -2.25. The zero-order valence-corrected chi connectivity index (χ0v) is 17.7. The molecule has 0 unspecified atom stereocenters. The molecular weight excluding hydrogens is 431 g/mol. The molecule has 0 aliphatic carbocycles. The summed E-state index contributed by atoms with van der Waals surface area (Å²) in [4.78, 5) is 16.7. The minimum atomic E-state index is -0.298. The monoisotopic (exact) mass is 448 g/mol. The van der Waals surface area contributed by atoms with Crippen molar-refractivity contribution in [1.82, 2.24) is 4.68 Å². The van der Waals surface area contributed by atoms with Crippen molar-refractivity contribution >= 4 is 29.1 Å². The first-order chi connectivity index (χ1) is 15.6. The molecule has 0 saturated heterocycles. The molecule has 1 aliphatic rings. The summed E-state index contributed by atoms with van der Waals surface area (Å²) in [5, 5.41) is 9.33. The smallest absolute Gasteiger partial charge is 0.262 e. The summed E-state index contributed by atoms with van der Waals surface area (Å²) in [5.74, 6) is 1.30. The Morgan fingerprint density at radius 1 is 1.12 bits per heavy atom. The largest absolute Gasteiger partial charge is 0.482 e. The maximum atomic E-state index is 13.2. The highest BCUT2D eigenvalue weighted by Crippen LogP contribution is 2.33. The second-order valence-corrected chi connectivity index (χ2v) is 7.78. The standard InChI is InChI=1S/C23H17FN4O3S/c1-25-23-28(26-11-17-7-9-20(31-17)14-2-5-16(24)6-3-14)19(13-32-23)15-4-8-21-18(10-15)27-22(29)12-30-21/h2-11,13H,12H2,1H3,(H,27,29). The molecule has 2 aromatic heterocycles. The number of carbonyl (C=O) groups excluding carboxylic acids is 1. The van der Waals surface area contributed by atoms with Crippen LogP contribution in [0.25, 0.3) is 22.6 Å². The Hall–Kier alpha value is -3.98. The molecule has 9 heteroatoms. The molecule has 0 saturated carbocycles. The van der Waals surface area contributed by atoms with E-state index in [2.05, 4.69) is 15.4 Å². The Morgan fingerprint density at radius 2 is 1.94 bits per heavy atom. The molecule has 0 spiro atoms. The van der Waals surface area contributed by atoms with Gasteiger partial charge in [0.05, 0.1) is 17.6 Å². The number of rotatable bonds is 4. The van der Waals surface area contributed by atoms with Gasteiger partial charge in [-0.2, -0.15) is 5.10 Å². The van der Waals surface area contributed by atoms with Crippen LogP contribution in [0.1, 0.15) is 5.76 Å². The summed E-state index contributed by atoms with van der Waals surface area (Å²) in [6.45, 7) is 0.0109. The van der Waals surface area contributed by atoms with E-state index < -0.39 is 0 Å². The van der Waals surface area contributed by atoms with Gasteiger partial charge in [0.2, 0.25) is 4.80 Å². The van der Waals surface area contributed by atoms with Crippen molar-refractivity contribution in [1.29, 1.82) is 0 Å². The third-order valence-electron chi connectivity index (χ3n) is 4.84. The number of halogens is 1. The topological polar surface area (TPSA) is 81.1 Å². The predicted octanol–water partition coefficient (Wildman–Crippen LogP) is 4.36. The normalized spacial score (nSPS) is 13.8. The molecule has 4 aromatic rings. The van der Waals surface area contributed by atoms with E-state index in [1.54, 1.807) is 36.1 Å². The van der Waals surface area contributed by atoms with Crippen molar-refractivity contribution in [2.45, 2.75) is 0 Å². The van der Waals surface area contributed by atoms with Crippen LogP contribution in [-0.2, 0) is 4.79 Å². The van der Waals surface area contributed by atoms with Gasteiger partial charge in [0.15, 0.2) is 6.61 Å². The fraction of sp³-hybridized carbons (Fsp3) is 0.0870. The van der Waals surface area contributed by atoms with E-state index in [1.807, 2.05) is 29.6 Å². The third-order valence-corrected chi connectivity index (χ3v) is 5.75. The Morgan fingerprint density at radius 3 is 2.75 bits per heavy atom. The van der Waals surface area contributed by atoms with Crippen molar-refractivity contribution in [3.8, 4) is 28.3 Å². The zero-order chi connectivity index (χ0) is 22.1. The number of nitrogens with zero attached hydrogens (tertiary/aromatic N) is 3. The summed E-state index contributed by atoms with van der Waals surface area (Å²) < 4.78 is 26.1. The van der Waals surface area contributed by atoms with Crippen LogP contribution in [0.3, 0.4) is 0 Å². The van der Waals surface area contributed by atoms with E-state index in [0.29, 0.717) is 27.8 Å². The second-order valence-electron chi connectivity index (χ2n) is 6.94. The molecule has 2 aromatic carbocycles. The minimum Gasteiger partial charge on any atom is -0.482 e. The Kier molecular flexibility index (Phi) is 5.16. The molecule has 1 amide bonds. The number of nitrogens with one attached hydrogen (secondary N) is 1. The van der Waals surface area contributed by atoms with E-state index in [-0.39, 0.29) is 18.3 Å². The highest BCUT2D eigenvalue weighted by molar-refractivity contribution is 7.07. The quantitative estimate of drug-likeness (QED) is 0.471. The highest BCUT2D eigenvalue weighted by Gasteiger charge is 2.17. The van der Waals surface area contributed by atoms with E-state index in [9.17, 15) is 9.18 Å². The molecule has 3 heterocycles. The Labute approximate surface area is 186 Å². The van der Waals surface area contributed by atoms with Crippen LogP contribution >= 0.6 is 11.3 Å². The number of carbonyl (C=O) groups is 1. The first kappa shape index (κ1) is 20.0. The van der Waals surface area contributed by atoms with Crippen LogP contribution in [0.5, 0.6) is 5.75 Å². The SMILES string of the molecule is CN=c1scc(-c2ccc3c(c2)NC(=O)CO3)n1N=Cc1ccc(-c2ccc(F)cc2)o1. The van der Waals surface area contributed by atoms with Crippen LogP contribution in [0.2, 0.25) is 0 Å². The van der Waals surface area contributed by atoms with Gasteiger partial charge in [-0.05, 0) is 54.6 Å². The number of ether oxygens (including phenoxy) is 1. The first-order valence-electron chi connectivity index (χ1n) is 9.71. The maximum Gasteiger partial charge on any atom is 0.262 e. The first-order valence-corrected chi connectivity index (χ1v) is 10.6. The van der Waals surface area contributed by atoms with Gasteiger partial charge in [-0.25, -0.2) is 9.07 Å². The zero-order valence-electron chi connectivity index (χ0n) is 16.9. The van der Waals surface area contributed by atoms with Crippen LogP contribution in [0.4, 0.5) is 10.1 Å². The molecule has 0 fully saturated rings. The van der Waals surface area contributed by atoms with Gasteiger partial charge in [0.1, 0.15) is 23.1 Å². The highest BCUT2D eigenvalue weighted by atomic mass is 32.1. The Bertz CT molecular complexity index is 1400. The van der Waals surface area contributed by atoms with Gasteiger partial charge in [-0.1, -0.05) is 0 Å². The van der Waals surface area contributed by atoms with Gasteiger partial charge in [-0.3, -0.25) is 9.79 Å². The number of hydrogen-bond donors (Lipinski definition) is 1. The van der Waals surface area contributed by atoms with Crippen LogP contribution in [-0.4, -0.2) is 30.5 Å². The molecule has 0 bridgehead atoms. The van der Waals surface area contributed by atoms with Crippen molar-refractivity contribution in [2.24, 2.45) is 10.1 Å². The van der Waals surface area contributed by atoms with Gasteiger partial charge < -0.3 is 14.5 Å². The molecule has 160 valence electrons. The van der Waals surface area contributed by atoms with E-state index in [1.165, 1.54) is 23.5 Å². The number of hydrogen-bond acceptors (Lipinski definition) is 6. The molecule has 1 aliphatic heterocycles. The molecule has 1 N–H and O–H groups in total. The number of fused-ring (bicyclic) bond motifs is 1. The lowest BCUT2D eigenvalue weighted by Gasteiger charge is -2.18. The minimum absolute atomic E-state index is 0.0109. The molecule has 0 atom stereocenters. The second kappa shape index (κ2) is 8.27. The van der Waals surface area contributed by atoms with Crippen LogP contribution in [0, 0.1) is 5.82 Å². The van der Waals surface area contributed by atoms with E-state index >= 15 is 0 Å². The summed E-state index contributed by atoms with van der Waals surface area (Å²) in [6, 6.07) is 15.3. The number of amides is 1. The Balaban J connectivity index is 1.47. The third kappa shape index (κ3) is 3.85. The predicted molar refractivity (Wildman–Crippen MR) is 120 cm³/mol. The lowest BCUT2D eigenvalue weighted by atomic mass is 10.1. The van der Waals surface area contributed by atoms with Crippen molar-refractivity contribution in [3.05, 3.63) is 76.4 Å². The number of aromatic nitrogens is 1. The van der Waals surface area contributed by atoms with E-state index in [4.69, 9.17) is 9.15 Å². The number of benzene rings is 2. The number of anilines is 1. The lowest BCUT2D eigenvalue weighted by molar-refractivity contribution is -0.118. The fourth-order valence-corrected chi connectivity index (χ4v) is 4.11. The van der Waals surface area contributed by atoms with Crippen molar-refractivity contribution in [2.75, 3.05) is 19.0 Å². The average Bonchev–Trinajstić information content (AvgIpc) is 3.44. The van der Waals surface area contributed by atoms with Crippen molar-refractivity contribution < 1.29 is 18.3 Å². The number of furan rings is 1. The maximum absolute atomic E-state index is 13.2. The summed E-state index contributed by atoms with van der Waals surface area (Å²) in [7, 11) is 1.70. The molecule has 5 rings (SSSR count).